The van der Waals surface area contributed by atoms with E-state index < -0.39 is 17.9 Å². The van der Waals surface area contributed by atoms with E-state index in [-0.39, 0.29) is 5.92 Å². The van der Waals surface area contributed by atoms with Gasteiger partial charge in [0.05, 0.1) is 5.56 Å². The van der Waals surface area contributed by atoms with Crippen molar-refractivity contribution < 1.29 is 17.6 Å². The average Bonchev–Trinajstić information content (AvgIpc) is 2.31. The Bertz CT molecular complexity index is 402. The van der Waals surface area contributed by atoms with Gasteiger partial charge >= 0.3 is 6.18 Å². The molecule has 1 heterocycles. The maximum atomic E-state index is 13.6. The standard InChI is InChI=1S/C13H15F4N/c14-12-8-18-5-4-10(12)6-9-2-1-3-11(7-9)13(15,16)17/h1-3,7,10,12,18H,4-6,8H2. The summed E-state index contributed by atoms with van der Waals surface area (Å²) < 4.78 is 51.2. The molecule has 0 bridgehead atoms. The van der Waals surface area contributed by atoms with Gasteiger partial charge in [-0.1, -0.05) is 18.2 Å². The van der Waals surface area contributed by atoms with Crippen LogP contribution in [0.5, 0.6) is 0 Å². The number of alkyl halides is 4. The summed E-state index contributed by atoms with van der Waals surface area (Å²) in [6.45, 7) is 1.02. The summed E-state index contributed by atoms with van der Waals surface area (Å²) in [4.78, 5) is 0. The van der Waals surface area contributed by atoms with Crippen molar-refractivity contribution in [1.29, 1.82) is 0 Å². The van der Waals surface area contributed by atoms with E-state index in [0.717, 1.165) is 18.7 Å². The normalized spacial score (nSPS) is 25.1. The largest absolute Gasteiger partial charge is 0.416 e. The minimum Gasteiger partial charge on any atom is -0.314 e. The van der Waals surface area contributed by atoms with Crippen LogP contribution in [0.25, 0.3) is 0 Å². The summed E-state index contributed by atoms with van der Waals surface area (Å²) in [5, 5.41) is 2.93. The fourth-order valence-electron chi connectivity index (χ4n) is 2.28. The highest BCUT2D eigenvalue weighted by atomic mass is 19.4. The van der Waals surface area contributed by atoms with Gasteiger partial charge in [0.15, 0.2) is 0 Å². The van der Waals surface area contributed by atoms with Crippen molar-refractivity contribution in [2.45, 2.75) is 25.2 Å². The van der Waals surface area contributed by atoms with Crippen molar-refractivity contribution in [3.8, 4) is 0 Å². The van der Waals surface area contributed by atoms with Crippen LogP contribution in [0.15, 0.2) is 24.3 Å². The lowest BCUT2D eigenvalue weighted by atomic mass is 9.89. The first kappa shape index (κ1) is 13.3. The van der Waals surface area contributed by atoms with Crippen molar-refractivity contribution >= 4 is 0 Å². The van der Waals surface area contributed by atoms with Crippen LogP contribution in [-0.4, -0.2) is 19.3 Å². The first-order chi connectivity index (χ1) is 8.47. The van der Waals surface area contributed by atoms with E-state index >= 15 is 0 Å². The average molecular weight is 261 g/mol. The van der Waals surface area contributed by atoms with Gasteiger partial charge in [-0.05, 0) is 36.9 Å². The maximum absolute atomic E-state index is 13.6. The Hall–Kier alpha value is -1.10. The third kappa shape index (κ3) is 3.22. The first-order valence-corrected chi connectivity index (χ1v) is 5.98. The minimum absolute atomic E-state index is 0.185. The molecule has 1 saturated heterocycles. The molecule has 1 nitrogen and oxygen atoms in total. The number of benzene rings is 1. The second-order valence-corrected chi connectivity index (χ2v) is 4.67. The van der Waals surface area contributed by atoms with Crippen molar-refractivity contribution in [2.75, 3.05) is 13.1 Å². The lowest BCUT2D eigenvalue weighted by molar-refractivity contribution is -0.137. The summed E-state index contributed by atoms with van der Waals surface area (Å²) in [5.74, 6) is -0.185. The van der Waals surface area contributed by atoms with E-state index in [0.29, 0.717) is 24.9 Å². The number of halogens is 4. The quantitative estimate of drug-likeness (QED) is 0.806. The molecule has 0 amide bonds. The lowest BCUT2D eigenvalue weighted by Gasteiger charge is -2.26. The van der Waals surface area contributed by atoms with Gasteiger partial charge in [0, 0.05) is 6.54 Å². The maximum Gasteiger partial charge on any atom is 0.416 e. The molecule has 1 aromatic rings. The van der Waals surface area contributed by atoms with E-state index in [4.69, 9.17) is 0 Å². The van der Waals surface area contributed by atoms with Crippen LogP contribution >= 0.6 is 0 Å². The van der Waals surface area contributed by atoms with Gasteiger partial charge in [-0.25, -0.2) is 4.39 Å². The molecule has 0 saturated carbocycles. The zero-order valence-electron chi connectivity index (χ0n) is 9.80. The molecule has 1 N–H and O–H groups in total. The van der Waals surface area contributed by atoms with Gasteiger partial charge < -0.3 is 5.32 Å². The molecular formula is C13H15F4N. The molecule has 2 unspecified atom stereocenters. The molecule has 0 aromatic heterocycles. The van der Waals surface area contributed by atoms with Gasteiger partial charge in [0.1, 0.15) is 6.17 Å². The van der Waals surface area contributed by atoms with Gasteiger partial charge in [-0.2, -0.15) is 13.2 Å². The van der Waals surface area contributed by atoms with Crippen molar-refractivity contribution in [1.82, 2.24) is 5.32 Å². The Kier molecular flexibility index (Phi) is 3.90. The number of piperidine rings is 1. The highest BCUT2D eigenvalue weighted by Gasteiger charge is 2.31. The summed E-state index contributed by atoms with van der Waals surface area (Å²) in [6, 6.07) is 5.17. The third-order valence-electron chi connectivity index (χ3n) is 3.29. The van der Waals surface area contributed by atoms with Crippen LogP contribution in [0.2, 0.25) is 0 Å². The molecular weight excluding hydrogens is 246 g/mol. The van der Waals surface area contributed by atoms with Crippen LogP contribution in [0.3, 0.4) is 0 Å². The molecule has 1 aliphatic rings. The van der Waals surface area contributed by atoms with E-state index in [1.165, 1.54) is 6.07 Å². The molecule has 100 valence electrons. The van der Waals surface area contributed by atoms with Crippen LogP contribution in [0.4, 0.5) is 17.6 Å². The fraction of sp³-hybridized carbons (Fsp3) is 0.538. The van der Waals surface area contributed by atoms with E-state index in [1.54, 1.807) is 6.07 Å². The second kappa shape index (κ2) is 5.26. The lowest BCUT2D eigenvalue weighted by Crippen LogP contribution is -2.38. The highest BCUT2D eigenvalue weighted by Crippen LogP contribution is 2.30. The summed E-state index contributed by atoms with van der Waals surface area (Å²) in [7, 11) is 0. The predicted molar refractivity (Wildman–Crippen MR) is 61.0 cm³/mol. The third-order valence-corrected chi connectivity index (χ3v) is 3.29. The van der Waals surface area contributed by atoms with Crippen LogP contribution in [0, 0.1) is 5.92 Å². The van der Waals surface area contributed by atoms with Crippen molar-refractivity contribution in [3.05, 3.63) is 35.4 Å². The Morgan fingerprint density at radius 2 is 2.06 bits per heavy atom. The Morgan fingerprint density at radius 1 is 1.28 bits per heavy atom. The fourth-order valence-corrected chi connectivity index (χ4v) is 2.28. The van der Waals surface area contributed by atoms with Crippen molar-refractivity contribution in [2.24, 2.45) is 5.92 Å². The molecule has 0 spiro atoms. The summed E-state index contributed by atoms with van der Waals surface area (Å²) in [6.07, 6.45) is -4.28. The first-order valence-electron chi connectivity index (χ1n) is 5.98. The zero-order valence-corrected chi connectivity index (χ0v) is 9.80. The Labute approximate surface area is 103 Å². The Morgan fingerprint density at radius 3 is 2.72 bits per heavy atom. The number of hydrogen-bond acceptors (Lipinski definition) is 1. The number of rotatable bonds is 2. The molecule has 0 aliphatic carbocycles. The molecule has 2 rings (SSSR count). The van der Waals surface area contributed by atoms with Gasteiger partial charge in [-0.3, -0.25) is 0 Å². The van der Waals surface area contributed by atoms with Gasteiger partial charge in [0.2, 0.25) is 0 Å². The highest BCUT2D eigenvalue weighted by molar-refractivity contribution is 5.26. The zero-order chi connectivity index (χ0) is 13.2. The summed E-state index contributed by atoms with van der Waals surface area (Å²) in [5.41, 5.74) is -0.108. The smallest absolute Gasteiger partial charge is 0.314 e. The number of hydrogen-bond donors (Lipinski definition) is 1. The van der Waals surface area contributed by atoms with Crippen molar-refractivity contribution in [3.63, 3.8) is 0 Å². The molecule has 0 radical (unpaired) electrons. The van der Waals surface area contributed by atoms with Gasteiger partial charge in [0.25, 0.3) is 0 Å². The SMILES string of the molecule is FC1CNCCC1Cc1cccc(C(F)(F)F)c1. The van der Waals surface area contributed by atoms with Crippen LogP contribution in [-0.2, 0) is 12.6 Å². The van der Waals surface area contributed by atoms with Gasteiger partial charge in [-0.15, -0.1) is 0 Å². The monoisotopic (exact) mass is 261 g/mol. The molecule has 18 heavy (non-hydrogen) atoms. The van der Waals surface area contributed by atoms with E-state index in [2.05, 4.69) is 5.32 Å². The minimum atomic E-state index is -4.33. The second-order valence-electron chi connectivity index (χ2n) is 4.67. The van der Waals surface area contributed by atoms with Crippen LogP contribution in [0.1, 0.15) is 17.5 Å². The topological polar surface area (TPSA) is 12.0 Å². The number of nitrogens with one attached hydrogen (secondary N) is 1. The van der Waals surface area contributed by atoms with E-state index in [9.17, 15) is 17.6 Å². The molecule has 1 aromatic carbocycles. The molecule has 1 aliphatic heterocycles. The molecule has 5 heteroatoms. The van der Waals surface area contributed by atoms with Crippen LogP contribution < -0.4 is 5.32 Å². The van der Waals surface area contributed by atoms with E-state index in [1.807, 2.05) is 0 Å². The summed E-state index contributed by atoms with van der Waals surface area (Å²) >= 11 is 0. The molecule has 2 atom stereocenters. The predicted octanol–water partition coefficient (Wildman–Crippen LogP) is 3.20. The Balaban J connectivity index is 2.09. The molecule has 1 fully saturated rings.